The van der Waals surface area contributed by atoms with Gasteiger partial charge in [-0.2, -0.15) is 11.8 Å². The zero-order chi connectivity index (χ0) is 29.0. The van der Waals surface area contributed by atoms with E-state index in [-0.39, 0.29) is 17.1 Å². The number of fused-ring (bicyclic) bond motifs is 1. The molecule has 1 fully saturated rings. The number of pyridine rings is 1. The van der Waals surface area contributed by atoms with Crippen molar-refractivity contribution in [3.05, 3.63) is 119 Å². The molecule has 1 aromatic heterocycles. The minimum atomic E-state index is -1.16. The highest BCUT2D eigenvalue weighted by atomic mass is 35.5. The summed E-state index contributed by atoms with van der Waals surface area (Å²) in [6, 6.07) is 26.2. The number of benzene rings is 3. The molecule has 41 heavy (non-hydrogen) atoms. The summed E-state index contributed by atoms with van der Waals surface area (Å²) in [6.45, 7) is 5.66. The summed E-state index contributed by atoms with van der Waals surface area (Å²) in [6.07, 6.45) is 7.91. The molecule has 1 heterocycles. The van der Waals surface area contributed by atoms with Gasteiger partial charge in [-0.3, -0.25) is 4.79 Å². The van der Waals surface area contributed by atoms with Gasteiger partial charge in [0, 0.05) is 33.9 Å². The van der Waals surface area contributed by atoms with Gasteiger partial charge in [0.2, 0.25) is 5.60 Å². The lowest BCUT2D eigenvalue weighted by atomic mass is 9.90. The van der Waals surface area contributed by atoms with Crippen LogP contribution in [0.15, 0.2) is 78.9 Å². The summed E-state index contributed by atoms with van der Waals surface area (Å²) >= 11 is 8.02. The van der Waals surface area contributed by atoms with Gasteiger partial charge >= 0.3 is 5.97 Å². The molecule has 1 aliphatic carbocycles. The first-order valence-corrected chi connectivity index (χ1v) is 15.4. The van der Waals surface area contributed by atoms with Gasteiger partial charge in [-0.1, -0.05) is 78.3 Å². The standard InChI is InChI=1S/C35H34ClNO3S/c1-34(2,40)30-9-4-3-7-25(30)13-17-32(41-23-35(18-19-35)22-33(38)39)27-8-5-6-24(20-27)10-15-29-16-12-26-11-14-28(36)21-31(26)37-29/h3-12,14-16,20-21,32,40H,1,13,17-19,22-23H2,2H3/p+1/b15-10+/t32-,34?/m1/s1. The van der Waals surface area contributed by atoms with Crippen LogP contribution >= 0.6 is 23.4 Å². The minimum Gasteiger partial charge on any atom is -0.481 e. The highest BCUT2D eigenvalue weighted by Crippen LogP contribution is 2.53. The number of aryl methyl sites for hydroxylation is 1. The van der Waals surface area contributed by atoms with Crippen LogP contribution in [0.4, 0.5) is 0 Å². The Hall–Kier alpha value is -3.25. The van der Waals surface area contributed by atoms with Gasteiger partial charge in [0.15, 0.2) is 0 Å². The van der Waals surface area contributed by atoms with Gasteiger partial charge in [-0.25, -0.2) is 4.98 Å². The maximum atomic E-state index is 11.5. The number of aliphatic carboxylic acids is 1. The van der Waals surface area contributed by atoms with Gasteiger partial charge in [0.05, 0.1) is 24.6 Å². The summed E-state index contributed by atoms with van der Waals surface area (Å²) < 4.78 is 0. The Labute approximate surface area is 251 Å². The molecule has 0 bridgehead atoms. The Morgan fingerprint density at radius 1 is 1.10 bits per heavy atom. The van der Waals surface area contributed by atoms with Crippen LogP contribution in [0.1, 0.15) is 65.8 Å². The van der Waals surface area contributed by atoms with E-state index in [1.807, 2.05) is 66.4 Å². The Kier molecular flexibility index (Phi) is 8.79. The average Bonchev–Trinajstić information content (AvgIpc) is 3.70. The fraction of sp³-hybridized carbons (Fsp3) is 0.286. The predicted octanol–water partition coefficient (Wildman–Crippen LogP) is 8.76. The van der Waals surface area contributed by atoms with Crippen molar-refractivity contribution in [3.63, 3.8) is 0 Å². The third kappa shape index (κ3) is 7.73. The average molecular weight is 585 g/mol. The molecule has 1 unspecified atom stereocenters. The number of nitrogens with zero attached hydrogens (tertiary/aromatic N) is 1. The van der Waals surface area contributed by atoms with Gasteiger partial charge in [-0.15, -0.1) is 0 Å². The molecule has 0 aliphatic heterocycles. The number of thioether (sulfide) groups is 1. The Balaban J connectivity index is 1.37. The molecule has 1 aliphatic rings. The Morgan fingerprint density at radius 3 is 2.63 bits per heavy atom. The normalized spacial score (nSPS) is 16.5. The zero-order valence-corrected chi connectivity index (χ0v) is 24.8. The van der Waals surface area contributed by atoms with E-state index in [0.29, 0.717) is 5.02 Å². The molecule has 210 valence electrons. The number of hydrogen-bond donors (Lipinski definition) is 2. The van der Waals surface area contributed by atoms with Crippen molar-refractivity contribution < 1.29 is 15.0 Å². The van der Waals surface area contributed by atoms with E-state index in [1.54, 1.807) is 6.92 Å². The molecule has 4 aromatic rings. The molecule has 0 saturated heterocycles. The second-order valence-electron chi connectivity index (χ2n) is 11.4. The van der Waals surface area contributed by atoms with E-state index < -0.39 is 11.6 Å². The van der Waals surface area contributed by atoms with Crippen LogP contribution in [0.2, 0.25) is 5.02 Å². The number of carboxylic acid groups (broad SMARTS) is 1. The lowest BCUT2D eigenvalue weighted by Crippen LogP contribution is -2.18. The van der Waals surface area contributed by atoms with Crippen molar-refractivity contribution >= 4 is 52.4 Å². The quantitative estimate of drug-likeness (QED) is 0.163. The molecule has 0 amide bonds. The zero-order valence-electron chi connectivity index (χ0n) is 23.2. The second-order valence-corrected chi connectivity index (χ2v) is 13.0. The molecule has 4 nitrogen and oxygen atoms in total. The number of aliphatic hydroxyl groups is 1. The summed E-state index contributed by atoms with van der Waals surface area (Å²) in [5.41, 5.74) is 4.68. The van der Waals surface area contributed by atoms with Crippen LogP contribution < -0.4 is 0 Å². The molecule has 0 radical (unpaired) electrons. The number of rotatable bonds is 12. The Morgan fingerprint density at radius 2 is 1.88 bits per heavy atom. The van der Waals surface area contributed by atoms with E-state index in [4.69, 9.17) is 16.6 Å². The van der Waals surface area contributed by atoms with Crippen LogP contribution in [-0.2, 0) is 16.8 Å². The maximum absolute atomic E-state index is 11.5. The minimum absolute atomic E-state index is 0.0914. The number of hydrogen-bond acceptors (Lipinski definition) is 4. The smallest absolute Gasteiger partial charge is 0.303 e. The predicted molar refractivity (Wildman–Crippen MR) is 171 cm³/mol. The molecule has 2 N–H and O–H groups in total. The van der Waals surface area contributed by atoms with Crippen LogP contribution in [0.25, 0.3) is 23.1 Å². The van der Waals surface area contributed by atoms with Gasteiger partial charge < -0.3 is 10.2 Å². The molecule has 2 atom stereocenters. The molecular weight excluding hydrogens is 550 g/mol. The number of carbonyl (C=O) groups is 1. The van der Waals surface area contributed by atoms with Gasteiger partial charge in [-0.05, 0) is 72.1 Å². The summed E-state index contributed by atoms with van der Waals surface area (Å²) in [5, 5.41) is 22.0. The lowest BCUT2D eigenvalue weighted by molar-refractivity contribution is -0.138. The van der Waals surface area contributed by atoms with Crippen molar-refractivity contribution in [3.8, 4) is 0 Å². The number of carboxylic acids is 1. The van der Waals surface area contributed by atoms with Gasteiger partial charge in [0.25, 0.3) is 0 Å². The summed E-state index contributed by atoms with van der Waals surface area (Å²) in [4.78, 5) is 16.2. The fourth-order valence-corrected chi connectivity index (χ4v) is 7.02. The van der Waals surface area contributed by atoms with Gasteiger partial charge in [0.1, 0.15) is 0 Å². The van der Waals surface area contributed by atoms with Crippen LogP contribution in [0.3, 0.4) is 0 Å². The van der Waals surface area contributed by atoms with Crippen LogP contribution in [0.5, 0.6) is 0 Å². The first-order chi connectivity index (χ1) is 19.6. The largest absolute Gasteiger partial charge is 0.481 e. The highest BCUT2D eigenvalue weighted by Gasteiger charge is 2.44. The topological polar surface area (TPSA) is 70.4 Å². The number of halogens is 1. The third-order valence-electron chi connectivity index (χ3n) is 7.75. The fourth-order valence-electron chi connectivity index (χ4n) is 5.29. The first kappa shape index (κ1) is 29.2. The van der Waals surface area contributed by atoms with Crippen LogP contribution in [-0.4, -0.2) is 26.9 Å². The van der Waals surface area contributed by atoms with E-state index >= 15 is 0 Å². The van der Waals surface area contributed by atoms with Crippen LogP contribution in [0, 0.1) is 12.3 Å². The molecule has 0 spiro atoms. The molecule has 3 aromatic carbocycles. The van der Waals surface area contributed by atoms with E-state index in [0.717, 1.165) is 64.7 Å². The molecule has 1 saturated carbocycles. The number of aromatic nitrogens is 1. The third-order valence-corrected chi connectivity index (χ3v) is 9.68. The van der Waals surface area contributed by atoms with E-state index in [9.17, 15) is 15.0 Å². The van der Waals surface area contributed by atoms with Crippen molar-refractivity contribution in [2.45, 2.75) is 49.9 Å². The monoisotopic (exact) mass is 584 g/mol. The van der Waals surface area contributed by atoms with Crippen molar-refractivity contribution in [2.24, 2.45) is 5.41 Å². The van der Waals surface area contributed by atoms with Crippen molar-refractivity contribution in [1.82, 2.24) is 4.98 Å². The molecule has 5 rings (SSSR count). The SMILES string of the molecule is [CH2+]C(C)(O)c1ccccc1CC[C@@H](SCC1(CC(=O)O)CC1)c1cccc(/C=C/c2ccc3ccc(Cl)cc3n2)c1. The van der Waals surface area contributed by atoms with Crippen molar-refractivity contribution in [1.29, 1.82) is 0 Å². The second kappa shape index (κ2) is 12.3. The molecule has 6 heteroatoms. The molecular formula is C35H35ClNO3S+. The summed E-state index contributed by atoms with van der Waals surface area (Å²) in [7, 11) is 0. The lowest BCUT2D eigenvalue weighted by Gasteiger charge is -2.22. The van der Waals surface area contributed by atoms with E-state index in [2.05, 4.69) is 43.3 Å². The summed E-state index contributed by atoms with van der Waals surface area (Å²) in [5.74, 6) is 0.102. The Bertz CT molecular complexity index is 1570. The van der Waals surface area contributed by atoms with Crippen molar-refractivity contribution in [2.75, 3.05) is 5.75 Å². The van der Waals surface area contributed by atoms with E-state index in [1.165, 1.54) is 5.56 Å². The highest BCUT2D eigenvalue weighted by molar-refractivity contribution is 7.99. The maximum Gasteiger partial charge on any atom is 0.303 e. The first-order valence-electron chi connectivity index (χ1n) is 13.9.